The molecular formula is C105H210F6O18. The van der Waals surface area contributed by atoms with Crippen LogP contribution in [0.4, 0.5) is 26.3 Å². The first-order valence-corrected chi connectivity index (χ1v) is 45.0. The highest BCUT2D eigenvalue weighted by Gasteiger charge is 2.65. The van der Waals surface area contributed by atoms with Crippen molar-refractivity contribution in [1.82, 2.24) is 0 Å². The van der Waals surface area contributed by atoms with Gasteiger partial charge in [-0.2, -0.15) is 26.3 Å². The van der Waals surface area contributed by atoms with Crippen LogP contribution in [0.1, 0.15) is 462 Å². The van der Waals surface area contributed by atoms with Gasteiger partial charge in [-0.3, -0.25) is 28.8 Å². The van der Waals surface area contributed by atoms with Gasteiger partial charge in [-0.25, -0.2) is 0 Å². The molecule has 9 fully saturated rings. The standard InChI is InChI=1S/C18H32O3.2C17H30O3.2C14H23F3O3.C13H24O3.12CH4/c1-8-16(3,4)15(19)21-12(2)20-14-11-13-9-10-18(14,7)17(13,5)6;1-7-15(2,3)14(18)20-11-19-13-10-12-8-9-17(13,6)16(12,4)5;1-7-11(2)15(18)20-12(3)19-14-10-13-8-9-17(14,6)16(13,4)5;1-3-13(2,14(15,16)17)12(18)20-10-19-9-11-7-5-4-6-8-11;1-3-13(2,14(15,16)17)12(18)20-10-19-11-8-6-4-5-7-9-11;1-4-13(2,3)12(14)16-10-15-9-11-7-5-6-8-11;;;;;;;;;;;;/h12-14H,8-11H2,1-7H3;12-13H,7-11H2,1-6H3;11-14H,7-10H2,1-6H3;2*11H,3-10H2,1-2H3;11H,4-10H2,1-3H3;12*1H4. The van der Waals surface area contributed by atoms with Crippen molar-refractivity contribution < 1.29 is 112 Å². The number of rotatable bonds is 32. The third-order valence-electron chi connectivity index (χ3n) is 31.5. The number of fused-ring (bicyclic) bond motifs is 6. The number of esters is 6. The topological polar surface area (TPSA) is 213 Å². The van der Waals surface area contributed by atoms with Gasteiger partial charge in [0.25, 0.3) is 0 Å². The van der Waals surface area contributed by atoms with Crippen molar-refractivity contribution in [2.75, 3.05) is 40.4 Å². The van der Waals surface area contributed by atoms with Crippen LogP contribution in [-0.2, 0) is 85.6 Å². The van der Waals surface area contributed by atoms with E-state index in [9.17, 15) is 55.1 Å². The van der Waals surface area contributed by atoms with E-state index in [0.29, 0.717) is 34.7 Å². The van der Waals surface area contributed by atoms with Crippen LogP contribution >= 0.6 is 0 Å². The van der Waals surface area contributed by atoms with E-state index in [0.717, 1.165) is 147 Å². The number of hydrogen-bond donors (Lipinski definition) is 0. The molecule has 0 radical (unpaired) electrons. The summed E-state index contributed by atoms with van der Waals surface area (Å²) in [5, 5.41) is 0. The van der Waals surface area contributed by atoms with Crippen LogP contribution < -0.4 is 0 Å². The van der Waals surface area contributed by atoms with Crippen LogP contribution in [0.2, 0.25) is 0 Å². The monoisotopic (exact) mass is 1870 g/mol. The Hall–Kier alpha value is -3.84. The summed E-state index contributed by atoms with van der Waals surface area (Å²) in [6.45, 7) is 51.2. The zero-order valence-corrected chi connectivity index (χ0v) is 77.5. The third-order valence-corrected chi connectivity index (χ3v) is 31.5. The average Bonchev–Trinajstić information content (AvgIpc) is 1.58. The maximum atomic E-state index is 12.8. The summed E-state index contributed by atoms with van der Waals surface area (Å²) >= 11 is 0. The molecule has 0 saturated heterocycles. The first kappa shape index (κ1) is 143. The van der Waals surface area contributed by atoms with Gasteiger partial charge in [-0.05, 0) is 266 Å². The van der Waals surface area contributed by atoms with E-state index in [1.807, 2.05) is 90.0 Å². The SMILES string of the molecule is C.C.C.C.C.C.C.C.C.C.C.C.CCC(C)(C(=O)OCOC1CCCCCC1)C(F)(F)F.CCC(C)(C(=O)OCOCC1CCCCC1)C(F)(F)F.CCC(C)(C)C(=O)OC(C)OC1CC2CCC1(C)C2(C)C.CCC(C)(C)C(=O)OCOC1CC2CCC1(C)C2(C)C.CCC(C)(C)C(=O)OCOCC1CCCC1.CCC(C)C(=O)OC(C)OC1CC2CCC1(C)C2(C)C. The van der Waals surface area contributed by atoms with Crippen LogP contribution in [0.25, 0.3) is 0 Å². The van der Waals surface area contributed by atoms with Gasteiger partial charge in [0.05, 0.1) is 59.8 Å². The normalized spacial score (nSPS) is 25.8. The molecule has 129 heavy (non-hydrogen) atoms. The summed E-state index contributed by atoms with van der Waals surface area (Å²) in [7, 11) is 0. The molecule has 9 aliphatic rings. The summed E-state index contributed by atoms with van der Waals surface area (Å²) in [6.07, 6.45) is 20.9. The summed E-state index contributed by atoms with van der Waals surface area (Å²) in [6, 6.07) is 0. The highest BCUT2D eigenvalue weighted by molar-refractivity contribution is 5.78. The van der Waals surface area contributed by atoms with Crippen molar-refractivity contribution in [2.45, 2.75) is 511 Å². The van der Waals surface area contributed by atoms with E-state index in [2.05, 4.69) is 71.8 Å². The molecule has 0 N–H and O–H groups in total. The predicted molar refractivity (Wildman–Crippen MR) is 522 cm³/mol. The van der Waals surface area contributed by atoms with Gasteiger partial charge in [0.1, 0.15) is 0 Å². The zero-order valence-electron chi connectivity index (χ0n) is 77.5. The molecule has 24 heteroatoms. The molecule has 14 atom stereocenters. The molecule has 18 nitrogen and oxygen atoms in total. The molecule has 0 heterocycles. The van der Waals surface area contributed by atoms with Crippen molar-refractivity contribution in [3.8, 4) is 0 Å². The second-order valence-electron chi connectivity index (χ2n) is 40.5. The third kappa shape index (κ3) is 36.9. The molecule has 0 spiro atoms. The Morgan fingerprint density at radius 3 is 0.922 bits per heavy atom. The van der Waals surface area contributed by atoms with E-state index < -0.39 is 77.5 Å². The Morgan fingerprint density at radius 2 is 0.620 bits per heavy atom. The molecule has 14 unspecified atom stereocenters. The molecule has 9 saturated carbocycles. The lowest BCUT2D eigenvalue weighted by Gasteiger charge is -2.39. The van der Waals surface area contributed by atoms with Gasteiger partial charge in [-0.1, -0.05) is 258 Å². The Balaban J connectivity index is -0.000000188. The second kappa shape index (κ2) is 60.7. The minimum Gasteiger partial charge on any atom is -0.438 e. The molecular weight excluding hydrogens is 1660 g/mol. The van der Waals surface area contributed by atoms with E-state index in [1.165, 1.54) is 84.5 Å². The van der Waals surface area contributed by atoms with E-state index in [-0.39, 0.29) is 186 Å². The number of halogens is 6. The molecule has 9 rings (SSSR count). The summed E-state index contributed by atoms with van der Waals surface area (Å²) in [5.74, 6) is 0.134. The van der Waals surface area contributed by atoms with E-state index in [4.69, 9.17) is 47.4 Å². The smallest absolute Gasteiger partial charge is 0.404 e. The van der Waals surface area contributed by atoms with Crippen LogP contribution in [0.15, 0.2) is 0 Å². The first-order valence-electron chi connectivity index (χ1n) is 45.0. The fourth-order valence-corrected chi connectivity index (χ4v) is 18.3. The highest BCUT2D eigenvalue weighted by Crippen LogP contribution is 2.69. The lowest BCUT2D eigenvalue weighted by atomic mass is 9.70. The Kier molecular flexibility index (Phi) is 67.3. The molecule has 0 aromatic rings. The molecule has 9 aliphatic carbocycles. The molecule has 0 amide bonds. The minimum absolute atomic E-state index is 0. The highest BCUT2D eigenvalue weighted by atomic mass is 19.4. The summed E-state index contributed by atoms with van der Waals surface area (Å²) in [4.78, 5) is 70.7. The van der Waals surface area contributed by atoms with Gasteiger partial charge in [0.15, 0.2) is 50.6 Å². The quantitative estimate of drug-likeness (QED) is 0.0153. The lowest BCUT2D eigenvalue weighted by molar-refractivity contribution is -0.237. The van der Waals surface area contributed by atoms with Crippen LogP contribution in [0, 0.1) is 95.1 Å². The fourth-order valence-electron chi connectivity index (χ4n) is 18.3. The summed E-state index contributed by atoms with van der Waals surface area (Å²) < 4.78 is 142. The number of hydrogen-bond acceptors (Lipinski definition) is 18. The van der Waals surface area contributed by atoms with Gasteiger partial charge < -0.3 is 56.8 Å². The first-order chi connectivity index (χ1) is 54.1. The second-order valence-corrected chi connectivity index (χ2v) is 40.5. The van der Waals surface area contributed by atoms with E-state index in [1.54, 1.807) is 0 Å². The minimum atomic E-state index is -4.61. The van der Waals surface area contributed by atoms with Gasteiger partial charge >= 0.3 is 48.2 Å². The van der Waals surface area contributed by atoms with Crippen LogP contribution in [0.3, 0.4) is 0 Å². The number of ether oxygens (including phenoxy) is 12. The maximum absolute atomic E-state index is 12.8. The maximum Gasteiger partial charge on any atom is 0.404 e. The summed E-state index contributed by atoms with van der Waals surface area (Å²) in [5.41, 5.74) is -4.52. The van der Waals surface area contributed by atoms with Crippen molar-refractivity contribution in [3.05, 3.63) is 0 Å². The molecule has 780 valence electrons. The molecule has 6 bridgehead atoms. The molecule has 0 aromatic carbocycles. The van der Waals surface area contributed by atoms with Crippen molar-refractivity contribution >= 4 is 35.8 Å². The van der Waals surface area contributed by atoms with Crippen molar-refractivity contribution in [2.24, 2.45) is 95.1 Å². The lowest BCUT2D eigenvalue weighted by Crippen LogP contribution is -2.43. The van der Waals surface area contributed by atoms with Crippen LogP contribution in [-0.4, -0.2) is 126 Å². The Morgan fingerprint density at radius 1 is 0.341 bits per heavy atom. The van der Waals surface area contributed by atoms with Crippen molar-refractivity contribution in [3.63, 3.8) is 0 Å². The van der Waals surface area contributed by atoms with Crippen molar-refractivity contribution in [1.29, 1.82) is 0 Å². The zero-order chi connectivity index (χ0) is 88.8. The van der Waals surface area contributed by atoms with Gasteiger partial charge in [0, 0.05) is 0 Å². The van der Waals surface area contributed by atoms with E-state index >= 15 is 0 Å². The largest absolute Gasteiger partial charge is 0.438 e. The van der Waals surface area contributed by atoms with Gasteiger partial charge in [0.2, 0.25) is 0 Å². The van der Waals surface area contributed by atoms with Gasteiger partial charge in [-0.15, -0.1) is 0 Å². The fraction of sp³-hybridized carbons (Fsp3) is 0.943. The average molecular weight is 1870 g/mol. The van der Waals surface area contributed by atoms with Crippen LogP contribution in [0.5, 0.6) is 0 Å². The molecule has 0 aliphatic heterocycles. The Labute approximate surface area is 790 Å². The predicted octanol–water partition coefficient (Wildman–Crippen LogP) is 31.9. The molecule has 0 aromatic heterocycles. The number of carbonyl (C=O) groups excluding carboxylic acids is 6. The Bertz CT molecular complexity index is 3040. The number of carbonyl (C=O) groups is 6. The number of alkyl halides is 6.